The Balaban J connectivity index is 3.24. The number of hydrogen-bond acceptors (Lipinski definition) is 5. The molecular weight excluding hydrogens is 348 g/mol. The second kappa shape index (κ2) is 7.26. The summed E-state index contributed by atoms with van der Waals surface area (Å²) in [4.78, 5) is 0.134. The maximum atomic E-state index is 12.5. The van der Waals surface area contributed by atoms with Gasteiger partial charge in [-0.25, -0.2) is 12.7 Å². The SMILES string of the molecule is COc1cc(Br)c(S(=O)(=O)N(C)CCCN)cc1OC. The van der Waals surface area contributed by atoms with E-state index < -0.39 is 10.0 Å². The third-order valence-corrected chi connectivity index (χ3v) is 5.62. The average Bonchev–Trinajstić information content (AvgIpc) is 2.43. The van der Waals surface area contributed by atoms with Gasteiger partial charge >= 0.3 is 0 Å². The molecular formula is C12H19BrN2O4S. The Kier molecular flexibility index (Phi) is 6.25. The predicted octanol–water partition coefficient (Wildman–Crippen LogP) is 1.44. The molecule has 0 aromatic heterocycles. The number of rotatable bonds is 7. The van der Waals surface area contributed by atoms with Crippen LogP contribution < -0.4 is 15.2 Å². The van der Waals surface area contributed by atoms with E-state index in [4.69, 9.17) is 15.2 Å². The summed E-state index contributed by atoms with van der Waals surface area (Å²) in [5.74, 6) is 0.824. The Labute approximate surface area is 128 Å². The molecule has 0 unspecified atom stereocenters. The summed E-state index contributed by atoms with van der Waals surface area (Å²) in [7, 11) is 0.868. The molecule has 0 aliphatic heterocycles. The molecule has 2 N–H and O–H groups in total. The highest BCUT2D eigenvalue weighted by atomic mass is 79.9. The van der Waals surface area contributed by atoms with Gasteiger partial charge in [0.25, 0.3) is 0 Å². The Morgan fingerprint density at radius 2 is 1.80 bits per heavy atom. The van der Waals surface area contributed by atoms with Crippen LogP contribution in [0.1, 0.15) is 6.42 Å². The van der Waals surface area contributed by atoms with Crippen LogP contribution in [0.2, 0.25) is 0 Å². The fraction of sp³-hybridized carbons (Fsp3) is 0.500. The fourth-order valence-electron chi connectivity index (χ4n) is 1.64. The van der Waals surface area contributed by atoms with Crippen LogP contribution in [0.15, 0.2) is 21.5 Å². The minimum absolute atomic E-state index is 0.134. The normalized spacial score (nSPS) is 11.7. The fourth-order valence-corrected chi connectivity index (χ4v) is 3.84. The largest absolute Gasteiger partial charge is 0.493 e. The average molecular weight is 367 g/mol. The number of benzene rings is 1. The first kappa shape index (κ1) is 17.2. The van der Waals surface area contributed by atoms with Crippen LogP contribution in [0.5, 0.6) is 11.5 Å². The first-order valence-corrected chi connectivity index (χ1v) is 8.19. The number of nitrogens with zero attached hydrogens (tertiary/aromatic N) is 1. The quantitative estimate of drug-likeness (QED) is 0.789. The van der Waals surface area contributed by atoms with Crippen LogP contribution in [0.4, 0.5) is 0 Å². The van der Waals surface area contributed by atoms with Crippen LogP contribution in [-0.4, -0.2) is 47.1 Å². The van der Waals surface area contributed by atoms with Gasteiger partial charge < -0.3 is 15.2 Å². The molecule has 0 fully saturated rings. The van der Waals surface area contributed by atoms with E-state index in [1.807, 2.05) is 0 Å². The molecule has 0 aliphatic carbocycles. The molecule has 1 aromatic rings. The highest BCUT2D eigenvalue weighted by molar-refractivity contribution is 9.10. The Morgan fingerprint density at radius 1 is 1.25 bits per heavy atom. The molecule has 0 radical (unpaired) electrons. The van der Waals surface area contributed by atoms with E-state index in [0.717, 1.165) is 0 Å². The van der Waals surface area contributed by atoms with Gasteiger partial charge in [-0.2, -0.15) is 0 Å². The first-order valence-electron chi connectivity index (χ1n) is 5.96. The molecule has 20 heavy (non-hydrogen) atoms. The lowest BCUT2D eigenvalue weighted by Gasteiger charge is -2.19. The van der Waals surface area contributed by atoms with Gasteiger partial charge in [0.15, 0.2) is 11.5 Å². The summed E-state index contributed by atoms with van der Waals surface area (Å²) < 4.78 is 36.9. The maximum absolute atomic E-state index is 12.5. The van der Waals surface area contributed by atoms with Crippen LogP contribution >= 0.6 is 15.9 Å². The number of nitrogens with two attached hydrogens (primary N) is 1. The lowest BCUT2D eigenvalue weighted by atomic mass is 10.3. The molecule has 0 aliphatic rings. The zero-order valence-corrected chi connectivity index (χ0v) is 14.1. The molecule has 1 aromatic carbocycles. The molecule has 0 spiro atoms. The van der Waals surface area contributed by atoms with E-state index in [1.54, 1.807) is 6.07 Å². The molecule has 0 atom stereocenters. The molecule has 0 bridgehead atoms. The van der Waals surface area contributed by atoms with Crippen molar-refractivity contribution in [1.82, 2.24) is 4.31 Å². The number of halogens is 1. The van der Waals surface area contributed by atoms with Crippen LogP contribution in [0.25, 0.3) is 0 Å². The number of sulfonamides is 1. The maximum Gasteiger partial charge on any atom is 0.244 e. The van der Waals surface area contributed by atoms with Gasteiger partial charge in [-0.1, -0.05) is 0 Å². The van der Waals surface area contributed by atoms with Crippen molar-refractivity contribution in [3.8, 4) is 11.5 Å². The molecule has 0 saturated carbocycles. The van der Waals surface area contributed by atoms with E-state index in [-0.39, 0.29) is 4.90 Å². The molecule has 0 amide bonds. The summed E-state index contributed by atoms with van der Waals surface area (Å²) in [6.45, 7) is 0.798. The van der Waals surface area contributed by atoms with Gasteiger partial charge in [0.2, 0.25) is 10.0 Å². The second-order valence-electron chi connectivity index (χ2n) is 4.11. The first-order chi connectivity index (χ1) is 9.38. The van der Waals surface area contributed by atoms with Crippen LogP contribution in [-0.2, 0) is 10.0 Å². The van der Waals surface area contributed by atoms with Gasteiger partial charge in [-0.3, -0.25) is 0 Å². The summed E-state index contributed by atoms with van der Waals surface area (Å²) in [6, 6.07) is 3.01. The second-order valence-corrected chi connectivity index (χ2v) is 6.97. The van der Waals surface area contributed by atoms with E-state index in [1.165, 1.54) is 31.6 Å². The van der Waals surface area contributed by atoms with Gasteiger partial charge in [0.1, 0.15) is 4.90 Å². The Morgan fingerprint density at radius 3 is 2.30 bits per heavy atom. The number of ether oxygens (including phenoxy) is 2. The Bertz CT molecular complexity index is 563. The molecule has 114 valence electrons. The summed E-state index contributed by atoms with van der Waals surface area (Å²) in [5, 5.41) is 0. The van der Waals surface area contributed by atoms with E-state index >= 15 is 0 Å². The van der Waals surface area contributed by atoms with E-state index in [2.05, 4.69) is 15.9 Å². The lowest BCUT2D eigenvalue weighted by Crippen LogP contribution is -2.29. The zero-order chi connectivity index (χ0) is 15.3. The van der Waals surface area contributed by atoms with Crippen molar-refractivity contribution in [3.63, 3.8) is 0 Å². The highest BCUT2D eigenvalue weighted by Gasteiger charge is 2.25. The standard InChI is InChI=1S/C12H19BrN2O4S/c1-15(6-4-5-14)20(16,17)12-8-11(19-3)10(18-2)7-9(12)13/h7-8H,4-6,14H2,1-3H3. The highest BCUT2D eigenvalue weighted by Crippen LogP contribution is 2.36. The van der Waals surface area contributed by atoms with Crippen molar-refractivity contribution in [2.45, 2.75) is 11.3 Å². The van der Waals surface area contributed by atoms with E-state index in [9.17, 15) is 8.42 Å². The van der Waals surface area contributed by atoms with Gasteiger partial charge in [0, 0.05) is 24.1 Å². The van der Waals surface area contributed by atoms with Crippen molar-refractivity contribution in [2.75, 3.05) is 34.4 Å². The third-order valence-electron chi connectivity index (χ3n) is 2.80. The predicted molar refractivity (Wildman–Crippen MR) is 80.7 cm³/mol. The van der Waals surface area contributed by atoms with Gasteiger partial charge in [-0.15, -0.1) is 0 Å². The van der Waals surface area contributed by atoms with Crippen molar-refractivity contribution < 1.29 is 17.9 Å². The van der Waals surface area contributed by atoms with Crippen LogP contribution in [0.3, 0.4) is 0 Å². The molecule has 1 rings (SSSR count). The zero-order valence-electron chi connectivity index (χ0n) is 11.7. The molecule has 8 heteroatoms. The van der Waals surface area contributed by atoms with Crippen molar-refractivity contribution in [3.05, 3.63) is 16.6 Å². The topological polar surface area (TPSA) is 81.9 Å². The van der Waals surface area contributed by atoms with Gasteiger partial charge in [0.05, 0.1) is 14.2 Å². The van der Waals surface area contributed by atoms with Crippen LogP contribution in [0, 0.1) is 0 Å². The lowest BCUT2D eigenvalue weighted by molar-refractivity contribution is 0.353. The minimum atomic E-state index is -3.60. The third kappa shape index (κ3) is 3.63. The molecule has 6 nitrogen and oxygen atoms in total. The summed E-state index contributed by atoms with van der Waals surface area (Å²) >= 11 is 3.26. The van der Waals surface area contributed by atoms with Crippen molar-refractivity contribution in [2.24, 2.45) is 5.73 Å². The summed E-state index contributed by atoms with van der Waals surface area (Å²) in [6.07, 6.45) is 0.598. The number of hydrogen-bond donors (Lipinski definition) is 1. The minimum Gasteiger partial charge on any atom is -0.493 e. The monoisotopic (exact) mass is 366 g/mol. The van der Waals surface area contributed by atoms with Crippen molar-refractivity contribution >= 4 is 26.0 Å². The molecule has 0 heterocycles. The van der Waals surface area contributed by atoms with Gasteiger partial charge in [-0.05, 0) is 35.0 Å². The summed E-state index contributed by atoms with van der Waals surface area (Å²) in [5.41, 5.74) is 5.40. The smallest absolute Gasteiger partial charge is 0.244 e. The van der Waals surface area contributed by atoms with Crippen molar-refractivity contribution in [1.29, 1.82) is 0 Å². The number of methoxy groups -OCH3 is 2. The van der Waals surface area contributed by atoms with E-state index in [0.29, 0.717) is 35.5 Å². The Hall–Kier alpha value is -0.830. The molecule has 0 saturated heterocycles.